The molecule has 0 aliphatic rings. The summed E-state index contributed by atoms with van der Waals surface area (Å²) in [5.41, 5.74) is 7.82. The maximum absolute atomic E-state index is 11.0. The van der Waals surface area contributed by atoms with Crippen LogP contribution < -0.4 is 5.73 Å². The van der Waals surface area contributed by atoms with Crippen molar-refractivity contribution in [2.75, 3.05) is 5.73 Å². The van der Waals surface area contributed by atoms with Gasteiger partial charge in [0.25, 0.3) is 5.69 Å². The van der Waals surface area contributed by atoms with Crippen LogP contribution in [0, 0.1) is 10.1 Å². The van der Waals surface area contributed by atoms with Crippen molar-refractivity contribution in [2.45, 2.75) is 52.4 Å². The molecule has 1 rings (SSSR count). The lowest BCUT2D eigenvalue weighted by Gasteiger charge is -2.30. The largest absolute Gasteiger partial charge is 0.393 e. The van der Waals surface area contributed by atoms with Gasteiger partial charge in [0, 0.05) is 6.07 Å². The van der Waals surface area contributed by atoms with Crippen LogP contribution in [0.2, 0.25) is 0 Å². The number of anilines is 1. The van der Waals surface area contributed by atoms with Crippen LogP contribution in [0.3, 0.4) is 0 Å². The Morgan fingerprint density at radius 3 is 1.72 bits per heavy atom. The van der Waals surface area contributed by atoms with E-state index in [2.05, 4.69) is 41.5 Å². The molecule has 0 saturated carbocycles. The number of rotatable bonds is 1. The van der Waals surface area contributed by atoms with Gasteiger partial charge in [-0.1, -0.05) is 41.5 Å². The first-order valence-electron chi connectivity index (χ1n) is 6.03. The molecule has 0 atom stereocenters. The van der Waals surface area contributed by atoms with Gasteiger partial charge in [-0.2, -0.15) is 0 Å². The second-order valence-electron chi connectivity index (χ2n) is 6.71. The first-order valence-corrected chi connectivity index (χ1v) is 6.03. The third-order valence-electron chi connectivity index (χ3n) is 2.98. The van der Waals surface area contributed by atoms with E-state index in [0.717, 1.165) is 11.1 Å². The maximum atomic E-state index is 11.0. The molecular weight excluding hydrogens is 228 g/mol. The zero-order valence-electron chi connectivity index (χ0n) is 12.0. The Morgan fingerprint density at radius 1 is 1.00 bits per heavy atom. The van der Waals surface area contributed by atoms with Gasteiger partial charge in [-0.05, 0) is 28.0 Å². The third kappa shape index (κ3) is 2.81. The summed E-state index contributed by atoms with van der Waals surface area (Å²) in [6.07, 6.45) is 0. The second-order valence-corrected chi connectivity index (χ2v) is 6.71. The van der Waals surface area contributed by atoms with E-state index in [1.54, 1.807) is 12.1 Å². The van der Waals surface area contributed by atoms with Gasteiger partial charge in [0.2, 0.25) is 0 Å². The van der Waals surface area contributed by atoms with Crippen LogP contribution in [0.4, 0.5) is 11.4 Å². The maximum Gasteiger partial charge on any atom is 0.292 e. The quantitative estimate of drug-likeness (QED) is 0.468. The minimum Gasteiger partial charge on any atom is -0.393 e. The van der Waals surface area contributed by atoms with E-state index in [1.807, 2.05) is 0 Å². The number of benzene rings is 1. The molecule has 18 heavy (non-hydrogen) atoms. The summed E-state index contributed by atoms with van der Waals surface area (Å²) in [5.74, 6) is 0. The lowest BCUT2D eigenvalue weighted by atomic mass is 9.75. The zero-order chi connectivity index (χ0) is 14.3. The molecule has 0 bridgehead atoms. The van der Waals surface area contributed by atoms with Crippen LogP contribution in [-0.2, 0) is 10.8 Å². The van der Waals surface area contributed by atoms with Crippen molar-refractivity contribution in [3.8, 4) is 0 Å². The van der Waals surface area contributed by atoms with Crippen LogP contribution in [-0.4, -0.2) is 4.92 Å². The molecule has 0 aliphatic heterocycles. The van der Waals surface area contributed by atoms with E-state index in [-0.39, 0.29) is 22.2 Å². The standard InChI is InChI=1S/C14H22N2O2/c1-13(2,3)9-7-11(15)12(16(17)18)8-10(9)14(4,5)6/h7-8H,15H2,1-6H3. The van der Waals surface area contributed by atoms with Crippen molar-refractivity contribution in [3.63, 3.8) is 0 Å². The minimum atomic E-state index is -0.420. The Balaban J connectivity index is 3.64. The normalized spacial score (nSPS) is 12.6. The van der Waals surface area contributed by atoms with Gasteiger partial charge in [0.1, 0.15) is 5.69 Å². The van der Waals surface area contributed by atoms with Crippen molar-refractivity contribution in [2.24, 2.45) is 0 Å². The molecule has 1 aromatic carbocycles. The summed E-state index contributed by atoms with van der Waals surface area (Å²) in [5, 5.41) is 11.0. The Morgan fingerprint density at radius 2 is 1.39 bits per heavy atom. The highest BCUT2D eigenvalue weighted by Crippen LogP contribution is 2.38. The Kier molecular flexibility index (Phi) is 3.43. The van der Waals surface area contributed by atoms with E-state index in [1.165, 1.54) is 0 Å². The van der Waals surface area contributed by atoms with Crippen LogP contribution in [0.1, 0.15) is 52.7 Å². The topological polar surface area (TPSA) is 69.2 Å². The van der Waals surface area contributed by atoms with Gasteiger partial charge in [-0.3, -0.25) is 10.1 Å². The highest BCUT2D eigenvalue weighted by Gasteiger charge is 2.28. The van der Waals surface area contributed by atoms with E-state index in [4.69, 9.17) is 5.73 Å². The van der Waals surface area contributed by atoms with Gasteiger partial charge < -0.3 is 5.73 Å². The molecule has 0 aromatic heterocycles. The highest BCUT2D eigenvalue weighted by atomic mass is 16.6. The van der Waals surface area contributed by atoms with E-state index >= 15 is 0 Å². The fourth-order valence-corrected chi connectivity index (χ4v) is 2.00. The van der Waals surface area contributed by atoms with E-state index in [0.29, 0.717) is 0 Å². The first kappa shape index (κ1) is 14.5. The first-order chi connectivity index (χ1) is 7.94. The fraction of sp³-hybridized carbons (Fsp3) is 0.571. The number of nitro groups is 1. The highest BCUT2D eigenvalue weighted by molar-refractivity contribution is 5.63. The number of hydrogen-bond donors (Lipinski definition) is 1. The molecular formula is C14H22N2O2. The van der Waals surface area contributed by atoms with Crippen molar-refractivity contribution in [1.82, 2.24) is 0 Å². The molecule has 4 heteroatoms. The van der Waals surface area contributed by atoms with Crippen LogP contribution >= 0.6 is 0 Å². The SMILES string of the molecule is CC(C)(C)c1cc(N)c([N+](=O)[O-])cc1C(C)(C)C. The van der Waals surface area contributed by atoms with Crippen molar-refractivity contribution in [1.29, 1.82) is 0 Å². The van der Waals surface area contributed by atoms with Gasteiger partial charge in [0.05, 0.1) is 4.92 Å². The summed E-state index contributed by atoms with van der Waals surface area (Å²) in [6, 6.07) is 3.37. The molecule has 4 nitrogen and oxygen atoms in total. The van der Waals surface area contributed by atoms with Crippen LogP contribution in [0.25, 0.3) is 0 Å². The van der Waals surface area contributed by atoms with Crippen molar-refractivity contribution < 1.29 is 4.92 Å². The molecule has 0 aliphatic carbocycles. The minimum absolute atomic E-state index is 0.00655. The summed E-state index contributed by atoms with van der Waals surface area (Å²) in [7, 11) is 0. The summed E-state index contributed by atoms with van der Waals surface area (Å²) in [6.45, 7) is 12.4. The molecule has 0 heterocycles. The average Bonchev–Trinajstić information content (AvgIpc) is 2.13. The smallest absolute Gasteiger partial charge is 0.292 e. The predicted octanol–water partition coefficient (Wildman–Crippen LogP) is 3.77. The predicted molar refractivity (Wildman–Crippen MR) is 74.9 cm³/mol. The van der Waals surface area contributed by atoms with Crippen LogP contribution in [0.15, 0.2) is 12.1 Å². The summed E-state index contributed by atoms with van der Waals surface area (Å²) >= 11 is 0. The summed E-state index contributed by atoms with van der Waals surface area (Å²) < 4.78 is 0. The molecule has 0 amide bonds. The molecule has 0 unspecified atom stereocenters. The molecule has 1 aromatic rings. The Bertz CT molecular complexity index is 480. The van der Waals surface area contributed by atoms with Gasteiger partial charge >= 0.3 is 0 Å². The number of nitrogens with zero attached hydrogens (tertiary/aromatic N) is 1. The molecule has 0 fully saturated rings. The van der Waals surface area contributed by atoms with Gasteiger partial charge in [-0.25, -0.2) is 0 Å². The molecule has 2 N–H and O–H groups in total. The van der Waals surface area contributed by atoms with Crippen molar-refractivity contribution in [3.05, 3.63) is 33.4 Å². The third-order valence-corrected chi connectivity index (χ3v) is 2.98. The zero-order valence-corrected chi connectivity index (χ0v) is 12.0. The monoisotopic (exact) mass is 250 g/mol. The second kappa shape index (κ2) is 4.26. The number of nitro benzene ring substituents is 1. The molecule has 0 saturated heterocycles. The molecule has 100 valence electrons. The lowest BCUT2D eigenvalue weighted by molar-refractivity contribution is -0.384. The molecule has 0 radical (unpaired) electrons. The van der Waals surface area contributed by atoms with Gasteiger partial charge in [-0.15, -0.1) is 0 Å². The van der Waals surface area contributed by atoms with Crippen molar-refractivity contribution >= 4 is 11.4 Å². The van der Waals surface area contributed by atoms with Gasteiger partial charge in [0.15, 0.2) is 0 Å². The Hall–Kier alpha value is -1.58. The van der Waals surface area contributed by atoms with E-state index in [9.17, 15) is 10.1 Å². The Labute approximate surface area is 108 Å². The number of hydrogen-bond acceptors (Lipinski definition) is 3. The number of nitrogen functional groups attached to an aromatic ring is 1. The molecule has 0 spiro atoms. The average molecular weight is 250 g/mol. The fourth-order valence-electron chi connectivity index (χ4n) is 2.00. The number of nitrogens with two attached hydrogens (primary N) is 1. The van der Waals surface area contributed by atoms with Crippen LogP contribution in [0.5, 0.6) is 0 Å². The lowest BCUT2D eigenvalue weighted by Crippen LogP contribution is -2.22. The van der Waals surface area contributed by atoms with E-state index < -0.39 is 4.92 Å². The summed E-state index contributed by atoms with van der Waals surface area (Å²) in [4.78, 5) is 10.6.